The first-order valence-electron chi connectivity index (χ1n) is 10.1. The maximum absolute atomic E-state index is 5.41. The van der Waals surface area contributed by atoms with Gasteiger partial charge in [-0.1, -0.05) is 30.3 Å². The zero-order valence-electron chi connectivity index (χ0n) is 16.0. The van der Waals surface area contributed by atoms with E-state index in [9.17, 15) is 0 Å². The maximum atomic E-state index is 5.41. The number of benzene rings is 1. The van der Waals surface area contributed by atoms with Gasteiger partial charge in [0.2, 0.25) is 5.95 Å². The molecule has 1 unspecified atom stereocenters. The summed E-state index contributed by atoms with van der Waals surface area (Å²) in [5.74, 6) is 2.63. The minimum atomic E-state index is 0.291. The first-order chi connectivity index (χ1) is 13.9. The van der Waals surface area contributed by atoms with Crippen molar-refractivity contribution in [3.8, 4) is 0 Å². The zero-order chi connectivity index (χ0) is 18.8. The molecule has 5 rings (SSSR count). The van der Waals surface area contributed by atoms with E-state index in [2.05, 4.69) is 56.3 Å². The highest BCUT2D eigenvalue weighted by Gasteiger charge is 2.34. The van der Waals surface area contributed by atoms with Gasteiger partial charge in [0.25, 0.3) is 0 Å². The van der Waals surface area contributed by atoms with Gasteiger partial charge in [-0.2, -0.15) is 9.97 Å². The summed E-state index contributed by atoms with van der Waals surface area (Å²) in [7, 11) is 0. The third-order valence-electron chi connectivity index (χ3n) is 5.66. The van der Waals surface area contributed by atoms with Crippen LogP contribution in [0.4, 0.5) is 17.6 Å². The Morgan fingerprint density at radius 2 is 1.96 bits per heavy atom. The molecule has 0 amide bonds. The summed E-state index contributed by atoms with van der Waals surface area (Å²) >= 11 is 0. The largest absolute Gasteiger partial charge is 0.379 e. The van der Waals surface area contributed by atoms with Crippen molar-refractivity contribution in [2.24, 2.45) is 0 Å². The molecule has 0 bridgehead atoms. The Morgan fingerprint density at radius 1 is 1.11 bits per heavy atom. The Kier molecular flexibility index (Phi) is 4.99. The highest BCUT2D eigenvalue weighted by atomic mass is 16.5. The smallest absolute Gasteiger partial charge is 0.226 e. The van der Waals surface area contributed by atoms with E-state index < -0.39 is 0 Å². The van der Waals surface area contributed by atoms with E-state index in [0.29, 0.717) is 12.0 Å². The van der Waals surface area contributed by atoms with Gasteiger partial charge in [0.1, 0.15) is 5.82 Å². The van der Waals surface area contributed by atoms with Crippen molar-refractivity contribution in [2.45, 2.75) is 19.0 Å². The SMILES string of the molecule is c1ccc(CN2CCC3NNc4nc(NCCN5CCOCC5)nc2c43)cc1. The van der Waals surface area contributed by atoms with Gasteiger partial charge in [-0.3, -0.25) is 4.90 Å². The topological polar surface area (TPSA) is 77.6 Å². The number of anilines is 3. The molecule has 148 valence electrons. The molecule has 1 atom stereocenters. The lowest BCUT2D eigenvalue weighted by Crippen LogP contribution is -2.39. The minimum Gasteiger partial charge on any atom is -0.379 e. The van der Waals surface area contributed by atoms with Crippen LogP contribution < -0.4 is 21.1 Å². The van der Waals surface area contributed by atoms with Crippen molar-refractivity contribution in [2.75, 3.05) is 61.6 Å². The van der Waals surface area contributed by atoms with Gasteiger partial charge in [0.15, 0.2) is 5.82 Å². The first kappa shape index (κ1) is 17.7. The molecule has 1 aromatic carbocycles. The van der Waals surface area contributed by atoms with Crippen molar-refractivity contribution in [3.05, 3.63) is 41.5 Å². The molecule has 0 spiro atoms. The lowest BCUT2D eigenvalue weighted by atomic mass is 10.0. The second-order valence-electron chi connectivity index (χ2n) is 7.53. The van der Waals surface area contributed by atoms with Gasteiger partial charge in [-0.05, 0) is 12.0 Å². The molecule has 3 N–H and O–H groups in total. The average molecular weight is 381 g/mol. The summed E-state index contributed by atoms with van der Waals surface area (Å²) in [6.07, 6.45) is 1.05. The normalized spacial score (nSPS) is 21.3. The Hall–Kier alpha value is -2.42. The number of ether oxygens (including phenoxy) is 1. The molecular formula is C20H27N7O. The van der Waals surface area contributed by atoms with E-state index in [4.69, 9.17) is 14.7 Å². The van der Waals surface area contributed by atoms with E-state index in [1.165, 1.54) is 11.1 Å². The summed E-state index contributed by atoms with van der Waals surface area (Å²) in [4.78, 5) is 14.4. The number of morpholine rings is 1. The van der Waals surface area contributed by atoms with Crippen LogP contribution in [0.3, 0.4) is 0 Å². The fourth-order valence-corrected chi connectivity index (χ4v) is 4.14. The van der Waals surface area contributed by atoms with Gasteiger partial charge < -0.3 is 20.4 Å². The van der Waals surface area contributed by atoms with Crippen LogP contribution in [-0.4, -0.2) is 60.8 Å². The second kappa shape index (κ2) is 7.90. The summed E-state index contributed by atoms with van der Waals surface area (Å²) < 4.78 is 5.41. The molecule has 4 heterocycles. The third-order valence-corrected chi connectivity index (χ3v) is 5.66. The van der Waals surface area contributed by atoms with Gasteiger partial charge in [-0.25, -0.2) is 5.43 Å². The van der Waals surface area contributed by atoms with Gasteiger partial charge in [0, 0.05) is 39.3 Å². The highest BCUT2D eigenvalue weighted by molar-refractivity contribution is 5.67. The number of nitrogens with zero attached hydrogens (tertiary/aromatic N) is 4. The van der Waals surface area contributed by atoms with Crippen molar-refractivity contribution in [3.63, 3.8) is 0 Å². The molecule has 8 nitrogen and oxygen atoms in total. The molecule has 2 aromatic rings. The molecular weight excluding hydrogens is 354 g/mol. The van der Waals surface area contributed by atoms with Crippen LogP contribution in [0, 0.1) is 0 Å². The Morgan fingerprint density at radius 3 is 2.82 bits per heavy atom. The molecule has 0 radical (unpaired) electrons. The first-order valence-corrected chi connectivity index (χ1v) is 10.1. The molecule has 1 aromatic heterocycles. The summed E-state index contributed by atoms with van der Waals surface area (Å²) in [5.41, 5.74) is 9.10. The quantitative estimate of drug-likeness (QED) is 0.697. The van der Waals surface area contributed by atoms with E-state index in [1.54, 1.807) is 0 Å². The van der Waals surface area contributed by atoms with Gasteiger partial charge >= 0.3 is 0 Å². The van der Waals surface area contributed by atoms with Crippen molar-refractivity contribution >= 4 is 17.6 Å². The Balaban J connectivity index is 1.32. The van der Waals surface area contributed by atoms with Crippen molar-refractivity contribution < 1.29 is 4.74 Å². The summed E-state index contributed by atoms with van der Waals surface area (Å²) in [6, 6.07) is 10.9. The molecule has 1 saturated heterocycles. The number of hydrazine groups is 1. The molecule has 28 heavy (non-hydrogen) atoms. The van der Waals surface area contributed by atoms with Crippen LogP contribution in [0.2, 0.25) is 0 Å². The fourth-order valence-electron chi connectivity index (χ4n) is 4.14. The lowest BCUT2D eigenvalue weighted by molar-refractivity contribution is 0.0398. The summed E-state index contributed by atoms with van der Waals surface area (Å²) in [5, 5.41) is 3.42. The van der Waals surface area contributed by atoms with Crippen LogP contribution in [0.15, 0.2) is 30.3 Å². The van der Waals surface area contributed by atoms with Gasteiger partial charge in [-0.15, -0.1) is 0 Å². The zero-order valence-corrected chi connectivity index (χ0v) is 16.0. The Labute approximate surface area is 165 Å². The fraction of sp³-hybridized carbons (Fsp3) is 0.500. The second-order valence-corrected chi connectivity index (χ2v) is 7.53. The molecule has 0 saturated carbocycles. The van der Waals surface area contributed by atoms with E-state index in [1.807, 2.05) is 0 Å². The predicted molar refractivity (Wildman–Crippen MR) is 109 cm³/mol. The van der Waals surface area contributed by atoms with Crippen molar-refractivity contribution in [1.82, 2.24) is 20.3 Å². The van der Waals surface area contributed by atoms with E-state index in [0.717, 1.165) is 70.5 Å². The average Bonchev–Trinajstić information content (AvgIpc) is 3.16. The van der Waals surface area contributed by atoms with Crippen LogP contribution in [0.1, 0.15) is 23.6 Å². The molecule has 8 heteroatoms. The monoisotopic (exact) mass is 381 g/mol. The van der Waals surface area contributed by atoms with Crippen LogP contribution in [0.5, 0.6) is 0 Å². The maximum Gasteiger partial charge on any atom is 0.226 e. The minimum absolute atomic E-state index is 0.291. The van der Waals surface area contributed by atoms with E-state index >= 15 is 0 Å². The number of hydrogen-bond donors (Lipinski definition) is 3. The van der Waals surface area contributed by atoms with Crippen LogP contribution in [-0.2, 0) is 11.3 Å². The number of rotatable bonds is 6. The lowest BCUT2D eigenvalue weighted by Gasteiger charge is -2.32. The van der Waals surface area contributed by atoms with Crippen molar-refractivity contribution in [1.29, 1.82) is 0 Å². The molecule has 3 aliphatic rings. The van der Waals surface area contributed by atoms with Crippen LogP contribution >= 0.6 is 0 Å². The van der Waals surface area contributed by atoms with Crippen LogP contribution in [0.25, 0.3) is 0 Å². The van der Waals surface area contributed by atoms with E-state index in [-0.39, 0.29) is 0 Å². The molecule has 3 aliphatic heterocycles. The van der Waals surface area contributed by atoms with Gasteiger partial charge in [0.05, 0.1) is 24.8 Å². The Bertz CT molecular complexity index is 810. The summed E-state index contributed by atoms with van der Waals surface area (Å²) in [6.45, 7) is 7.28. The molecule has 0 aliphatic carbocycles. The predicted octanol–water partition coefficient (Wildman–Crippen LogP) is 1.60. The number of nitrogens with one attached hydrogen (secondary N) is 3. The number of aromatic nitrogens is 2. The third kappa shape index (κ3) is 3.63. The highest BCUT2D eigenvalue weighted by Crippen LogP contribution is 2.40. The number of hydrogen-bond acceptors (Lipinski definition) is 8. The molecule has 1 fully saturated rings. The standard InChI is InChI=1S/C20H27N7O/c1-2-4-15(5-3-1)14-27-8-6-16-17-18(25-24-16)22-20(23-19(17)27)21-7-9-26-10-12-28-13-11-26/h1-5,16,24H,6-14H2,(H2,21,22,23,25).